The minimum absolute atomic E-state index is 0.0207. The predicted octanol–water partition coefficient (Wildman–Crippen LogP) is 4.27. The number of carbonyl (C=O) groups excluding carboxylic acids is 2. The molecule has 1 fully saturated rings. The maximum Gasteiger partial charge on any atom is 0.310 e. The van der Waals surface area contributed by atoms with Crippen molar-refractivity contribution in [3.05, 3.63) is 71.5 Å². The Morgan fingerprint density at radius 1 is 1.09 bits per heavy atom. The summed E-state index contributed by atoms with van der Waals surface area (Å²) in [4.78, 5) is 31.0. The van der Waals surface area contributed by atoms with Gasteiger partial charge < -0.3 is 14.4 Å². The van der Waals surface area contributed by atoms with Gasteiger partial charge in [0.05, 0.1) is 18.9 Å². The van der Waals surface area contributed by atoms with Gasteiger partial charge in [0, 0.05) is 31.0 Å². The number of nitrogens with zero attached hydrogens (tertiary/aromatic N) is 3. The first kappa shape index (κ1) is 22.9. The van der Waals surface area contributed by atoms with Gasteiger partial charge in [-0.15, -0.1) is 0 Å². The lowest BCUT2D eigenvalue weighted by molar-refractivity contribution is -0.151. The second-order valence-electron chi connectivity index (χ2n) is 7.99. The largest absolute Gasteiger partial charge is 0.466 e. The van der Waals surface area contributed by atoms with Crippen molar-refractivity contribution in [2.45, 2.75) is 32.6 Å². The van der Waals surface area contributed by atoms with Crippen molar-refractivity contribution in [1.82, 2.24) is 14.3 Å². The van der Waals surface area contributed by atoms with Crippen LogP contribution >= 0.6 is 11.5 Å². The third-order valence-electron chi connectivity index (χ3n) is 5.53. The Labute approximate surface area is 197 Å². The SMILES string of the molecule is CCOC(=O)C1CCCN(C(=O)Cc2ccc(Oc3nc(Cc4ccccc4)ns3)cc2)C1. The van der Waals surface area contributed by atoms with Crippen molar-refractivity contribution >= 4 is 23.4 Å². The number of rotatable bonds is 8. The van der Waals surface area contributed by atoms with Crippen LogP contribution in [0.15, 0.2) is 54.6 Å². The van der Waals surface area contributed by atoms with E-state index in [4.69, 9.17) is 9.47 Å². The molecule has 7 nitrogen and oxygen atoms in total. The van der Waals surface area contributed by atoms with Gasteiger partial charge in [0.2, 0.25) is 5.91 Å². The zero-order valence-corrected chi connectivity index (χ0v) is 19.4. The van der Waals surface area contributed by atoms with Crippen LogP contribution in [-0.4, -0.2) is 45.8 Å². The molecule has 3 aromatic rings. The number of ether oxygens (including phenoxy) is 2. The number of piperidine rings is 1. The number of amides is 1. The minimum Gasteiger partial charge on any atom is -0.466 e. The lowest BCUT2D eigenvalue weighted by Crippen LogP contribution is -2.43. The average molecular weight is 466 g/mol. The van der Waals surface area contributed by atoms with Gasteiger partial charge in [0.1, 0.15) is 5.75 Å². The first-order valence-corrected chi connectivity index (χ1v) is 12.0. The Bertz CT molecular complexity index is 1070. The van der Waals surface area contributed by atoms with E-state index in [0.717, 1.165) is 29.8 Å². The van der Waals surface area contributed by atoms with Crippen LogP contribution in [0.25, 0.3) is 0 Å². The predicted molar refractivity (Wildman–Crippen MR) is 125 cm³/mol. The van der Waals surface area contributed by atoms with Crippen LogP contribution in [0.5, 0.6) is 10.9 Å². The Morgan fingerprint density at radius 2 is 1.88 bits per heavy atom. The smallest absolute Gasteiger partial charge is 0.310 e. The molecule has 1 aliphatic heterocycles. The second kappa shape index (κ2) is 11.0. The lowest BCUT2D eigenvalue weighted by atomic mass is 9.97. The normalized spacial score (nSPS) is 15.8. The maximum atomic E-state index is 12.7. The number of likely N-dealkylation sites (tertiary alicyclic amines) is 1. The number of esters is 1. The van der Waals surface area contributed by atoms with Crippen molar-refractivity contribution in [3.63, 3.8) is 0 Å². The second-order valence-corrected chi connectivity index (χ2v) is 8.71. The Balaban J connectivity index is 1.29. The number of aromatic nitrogens is 2. The fourth-order valence-electron chi connectivity index (χ4n) is 3.85. The summed E-state index contributed by atoms with van der Waals surface area (Å²) in [5.41, 5.74) is 2.05. The molecule has 172 valence electrons. The zero-order valence-electron chi connectivity index (χ0n) is 18.6. The van der Waals surface area contributed by atoms with Gasteiger partial charge >= 0.3 is 5.97 Å². The third kappa shape index (κ3) is 6.38. The van der Waals surface area contributed by atoms with Crippen LogP contribution in [0.4, 0.5) is 0 Å². The first-order valence-electron chi connectivity index (χ1n) is 11.2. The Morgan fingerprint density at radius 3 is 2.64 bits per heavy atom. The number of carbonyl (C=O) groups is 2. The topological polar surface area (TPSA) is 81.6 Å². The molecule has 2 heterocycles. The van der Waals surface area contributed by atoms with Gasteiger partial charge in [-0.2, -0.15) is 9.36 Å². The molecular formula is C25H27N3O4S. The molecule has 1 aliphatic rings. The van der Waals surface area contributed by atoms with Crippen molar-refractivity contribution in [2.75, 3.05) is 19.7 Å². The molecule has 0 bridgehead atoms. The molecule has 0 radical (unpaired) electrons. The van der Waals surface area contributed by atoms with Crippen molar-refractivity contribution < 1.29 is 19.1 Å². The quantitative estimate of drug-likeness (QED) is 0.462. The standard InChI is InChI=1S/C25H27N3O4S/c1-2-31-24(30)20-9-6-14-28(17-20)23(29)16-19-10-12-21(13-11-19)32-25-26-22(27-33-25)15-18-7-4-3-5-8-18/h3-5,7-8,10-13,20H,2,6,9,14-17H2,1H3. The van der Waals surface area contributed by atoms with Crippen LogP contribution in [0, 0.1) is 5.92 Å². The fourth-order valence-corrected chi connectivity index (χ4v) is 4.42. The number of hydrogen-bond donors (Lipinski definition) is 0. The van der Waals surface area contributed by atoms with Crippen molar-refractivity contribution in [3.8, 4) is 10.9 Å². The Hall–Kier alpha value is -3.26. The molecule has 1 atom stereocenters. The van der Waals surface area contributed by atoms with E-state index in [0.29, 0.717) is 37.1 Å². The summed E-state index contributed by atoms with van der Waals surface area (Å²) in [5.74, 6) is 0.963. The highest BCUT2D eigenvalue weighted by Crippen LogP contribution is 2.25. The van der Waals surface area contributed by atoms with E-state index >= 15 is 0 Å². The number of hydrogen-bond acceptors (Lipinski definition) is 7. The molecule has 33 heavy (non-hydrogen) atoms. The monoisotopic (exact) mass is 465 g/mol. The van der Waals surface area contributed by atoms with E-state index in [1.165, 1.54) is 11.5 Å². The minimum atomic E-state index is -0.225. The van der Waals surface area contributed by atoms with Gasteiger partial charge in [-0.05, 0) is 43.0 Å². The van der Waals surface area contributed by atoms with E-state index < -0.39 is 0 Å². The van der Waals surface area contributed by atoms with Gasteiger partial charge in [-0.25, -0.2) is 0 Å². The van der Waals surface area contributed by atoms with Crippen molar-refractivity contribution in [1.29, 1.82) is 0 Å². The van der Waals surface area contributed by atoms with Crippen LogP contribution < -0.4 is 4.74 Å². The Kier molecular flexibility index (Phi) is 7.67. The summed E-state index contributed by atoms with van der Waals surface area (Å²) >= 11 is 1.22. The zero-order chi connectivity index (χ0) is 23.0. The van der Waals surface area contributed by atoms with Gasteiger partial charge in [-0.1, -0.05) is 42.5 Å². The summed E-state index contributed by atoms with van der Waals surface area (Å²) in [6.45, 7) is 3.27. The highest BCUT2D eigenvalue weighted by Gasteiger charge is 2.29. The molecule has 8 heteroatoms. The van der Waals surface area contributed by atoms with Gasteiger partial charge in [-0.3, -0.25) is 9.59 Å². The van der Waals surface area contributed by atoms with E-state index in [1.54, 1.807) is 11.8 Å². The fraction of sp³-hybridized carbons (Fsp3) is 0.360. The maximum absolute atomic E-state index is 12.7. The molecule has 0 aliphatic carbocycles. The van der Waals surface area contributed by atoms with Crippen LogP contribution in [0.2, 0.25) is 0 Å². The average Bonchev–Trinajstić information content (AvgIpc) is 3.27. The molecule has 2 aromatic carbocycles. The third-order valence-corrected chi connectivity index (χ3v) is 6.17. The first-order chi connectivity index (χ1) is 16.1. The van der Waals surface area contributed by atoms with Gasteiger partial charge in [0.25, 0.3) is 5.19 Å². The van der Waals surface area contributed by atoms with E-state index in [1.807, 2.05) is 54.6 Å². The molecule has 1 aromatic heterocycles. The lowest BCUT2D eigenvalue weighted by Gasteiger charge is -2.31. The summed E-state index contributed by atoms with van der Waals surface area (Å²) in [7, 11) is 0. The molecule has 1 amide bonds. The van der Waals surface area contributed by atoms with Crippen LogP contribution in [0.1, 0.15) is 36.7 Å². The molecule has 0 saturated carbocycles. The number of benzene rings is 2. The summed E-state index contributed by atoms with van der Waals surface area (Å²) in [5, 5.41) is 0.489. The highest BCUT2D eigenvalue weighted by atomic mass is 32.1. The summed E-state index contributed by atoms with van der Waals surface area (Å²) < 4.78 is 15.3. The molecule has 4 rings (SSSR count). The molecule has 1 unspecified atom stereocenters. The summed E-state index contributed by atoms with van der Waals surface area (Å²) in [6.07, 6.45) is 2.54. The molecule has 1 saturated heterocycles. The molecule has 0 spiro atoms. The molecule has 0 N–H and O–H groups in total. The van der Waals surface area contributed by atoms with Crippen molar-refractivity contribution in [2.24, 2.45) is 5.92 Å². The van der Waals surface area contributed by atoms with Crippen LogP contribution in [-0.2, 0) is 27.2 Å². The van der Waals surface area contributed by atoms with E-state index in [-0.39, 0.29) is 24.2 Å². The van der Waals surface area contributed by atoms with Gasteiger partial charge in [0.15, 0.2) is 5.82 Å². The summed E-state index contributed by atoms with van der Waals surface area (Å²) in [6, 6.07) is 17.5. The van der Waals surface area contributed by atoms with E-state index in [2.05, 4.69) is 9.36 Å². The highest BCUT2D eigenvalue weighted by molar-refractivity contribution is 7.07. The molecular weight excluding hydrogens is 438 g/mol. The van der Waals surface area contributed by atoms with Crippen LogP contribution in [0.3, 0.4) is 0 Å². The van der Waals surface area contributed by atoms with E-state index in [9.17, 15) is 9.59 Å².